The Hall–Kier alpha value is -5.56. The largest absolute Gasteiger partial charge is 0.341 e. The van der Waals surface area contributed by atoms with Gasteiger partial charge >= 0.3 is 0 Å². The summed E-state index contributed by atoms with van der Waals surface area (Å²) in [7, 11) is 0. The molecule has 1 aromatic heterocycles. The Bertz CT molecular complexity index is 1950. The Labute approximate surface area is 257 Å². The van der Waals surface area contributed by atoms with E-state index in [1.54, 1.807) is 48.5 Å². The predicted octanol–water partition coefficient (Wildman–Crippen LogP) is 11.3. The summed E-state index contributed by atoms with van der Waals surface area (Å²) in [6.07, 6.45) is 0. The highest BCUT2D eigenvalue weighted by atomic mass is 19.1. The van der Waals surface area contributed by atoms with E-state index in [-0.39, 0.29) is 0 Å². The van der Waals surface area contributed by atoms with E-state index in [1.165, 1.54) is 48.5 Å². The van der Waals surface area contributed by atoms with Crippen LogP contribution in [0.1, 0.15) is 6.92 Å². The van der Waals surface area contributed by atoms with Crippen molar-refractivity contribution < 1.29 is 17.6 Å². The minimum absolute atomic E-state index is 0.406. The fraction of sp³-hybridized carbons (Fsp3) is 0.0526. The lowest BCUT2D eigenvalue weighted by Crippen LogP contribution is -2.10. The van der Waals surface area contributed by atoms with Crippen LogP contribution in [0, 0.1) is 23.3 Å². The molecular weight excluding hydrogens is 574 g/mol. The zero-order valence-corrected chi connectivity index (χ0v) is 24.3. The second kappa shape index (κ2) is 11.5. The summed E-state index contributed by atoms with van der Waals surface area (Å²) in [5, 5.41) is 1.84. The van der Waals surface area contributed by atoms with Gasteiger partial charge in [0.25, 0.3) is 0 Å². The molecule has 0 radical (unpaired) electrons. The standard InChI is InChI=1S/C38H27F4N3/c1-2-43-37-17-15-33(44(29-11-3-7-25(39)19-29)30-12-4-8-26(40)20-30)23-35(37)36-24-34(16-18-38(36)43)45(31-13-5-9-27(41)21-31)32-14-6-10-28(42)22-32/h3-24H,2H2,1H3. The average molecular weight is 602 g/mol. The Morgan fingerprint density at radius 3 is 1.02 bits per heavy atom. The molecular formula is C38H27F4N3. The highest BCUT2D eigenvalue weighted by Crippen LogP contribution is 2.42. The monoisotopic (exact) mass is 601 g/mol. The zero-order valence-electron chi connectivity index (χ0n) is 24.3. The van der Waals surface area contributed by atoms with E-state index in [4.69, 9.17) is 0 Å². The number of fused-ring (bicyclic) bond motifs is 3. The third kappa shape index (κ3) is 5.27. The van der Waals surface area contributed by atoms with Gasteiger partial charge < -0.3 is 14.4 Å². The summed E-state index contributed by atoms with van der Waals surface area (Å²) in [4.78, 5) is 3.63. The third-order valence-corrected chi connectivity index (χ3v) is 7.93. The van der Waals surface area contributed by atoms with Gasteiger partial charge in [-0.2, -0.15) is 0 Å². The van der Waals surface area contributed by atoms with E-state index in [0.29, 0.717) is 40.7 Å². The Kier molecular flexibility index (Phi) is 7.22. The Balaban J connectivity index is 1.46. The van der Waals surface area contributed by atoms with E-state index >= 15 is 0 Å². The molecule has 0 spiro atoms. The van der Waals surface area contributed by atoms with E-state index in [2.05, 4.69) is 11.5 Å². The van der Waals surface area contributed by atoms with Crippen LogP contribution in [0.15, 0.2) is 133 Å². The van der Waals surface area contributed by atoms with Gasteiger partial charge in [0, 0.05) is 62.5 Å². The van der Waals surface area contributed by atoms with Crippen molar-refractivity contribution in [3.63, 3.8) is 0 Å². The van der Waals surface area contributed by atoms with E-state index in [9.17, 15) is 17.6 Å². The number of aromatic nitrogens is 1. The van der Waals surface area contributed by atoms with E-state index in [0.717, 1.165) is 21.8 Å². The van der Waals surface area contributed by atoms with Crippen LogP contribution in [0.3, 0.4) is 0 Å². The highest BCUT2D eigenvalue weighted by Gasteiger charge is 2.20. The van der Waals surface area contributed by atoms with Crippen molar-refractivity contribution in [2.75, 3.05) is 9.80 Å². The van der Waals surface area contributed by atoms with Crippen LogP contribution < -0.4 is 9.80 Å². The van der Waals surface area contributed by atoms with Gasteiger partial charge in [-0.15, -0.1) is 0 Å². The molecule has 7 aromatic rings. The van der Waals surface area contributed by atoms with Crippen LogP contribution >= 0.6 is 0 Å². The van der Waals surface area contributed by atoms with Crippen molar-refractivity contribution in [1.29, 1.82) is 0 Å². The number of aryl methyl sites for hydroxylation is 1. The molecule has 0 aliphatic rings. The first kappa shape index (κ1) is 28.2. The molecule has 0 bridgehead atoms. The molecule has 6 aromatic carbocycles. The number of rotatable bonds is 7. The molecule has 3 nitrogen and oxygen atoms in total. The summed E-state index contributed by atoms with van der Waals surface area (Å²) in [5.41, 5.74) is 5.57. The Morgan fingerprint density at radius 2 is 0.733 bits per heavy atom. The number of hydrogen-bond donors (Lipinski definition) is 0. The van der Waals surface area contributed by atoms with Gasteiger partial charge in [0.15, 0.2) is 0 Å². The predicted molar refractivity (Wildman–Crippen MR) is 174 cm³/mol. The van der Waals surface area contributed by atoms with Crippen molar-refractivity contribution in [3.05, 3.63) is 157 Å². The van der Waals surface area contributed by atoms with Crippen LogP contribution in [0.25, 0.3) is 21.8 Å². The van der Waals surface area contributed by atoms with Crippen LogP contribution in [0.4, 0.5) is 51.7 Å². The molecule has 0 amide bonds. The average Bonchev–Trinajstić information content (AvgIpc) is 3.34. The summed E-state index contributed by atoms with van der Waals surface area (Å²) >= 11 is 0. The summed E-state index contributed by atoms with van der Waals surface area (Å²) in [6.45, 7) is 2.77. The lowest BCUT2D eigenvalue weighted by molar-refractivity contribution is 0.626. The maximum Gasteiger partial charge on any atom is 0.125 e. The molecule has 0 saturated carbocycles. The first-order valence-corrected chi connectivity index (χ1v) is 14.6. The summed E-state index contributed by atoms with van der Waals surface area (Å²) in [6, 6.07) is 36.7. The fourth-order valence-electron chi connectivity index (χ4n) is 6.05. The number of anilines is 6. The molecule has 0 saturated heterocycles. The highest BCUT2D eigenvalue weighted by molar-refractivity contribution is 6.11. The normalized spacial score (nSPS) is 11.3. The van der Waals surface area contributed by atoms with Crippen molar-refractivity contribution in [1.82, 2.24) is 4.57 Å². The van der Waals surface area contributed by atoms with E-state index < -0.39 is 23.3 Å². The lowest BCUT2D eigenvalue weighted by atomic mass is 10.1. The topological polar surface area (TPSA) is 11.4 Å². The van der Waals surface area contributed by atoms with Gasteiger partial charge in [-0.3, -0.25) is 0 Å². The van der Waals surface area contributed by atoms with Gasteiger partial charge in [0.1, 0.15) is 23.3 Å². The second-order valence-electron chi connectivity index (χ2n) is 10.7. The van der Waals surface area contributed by atoms with Crippen LogP contribution in [-0.4, -0.2) is 4.57 Å². The quantitative estimate of drug-likeness (QED) is 0.168. The van der Waals surface area contributed by atoms with Gasteiger partial charge in [-0.1, -0.05) is 24.3 Å². The number of benzene rings is 6. The van der Waals surface area contributed by atoms with Gasteiger partial charge in [0.2, 0.25) is 0 Å². The van der Waals surface area contributed by atoms with Crippen molar-refractivity contribution in [3.8, 4) is 0 Å². The van der Waals surface area contributed by atoms with Gasteiger partial charge in [-0.25, -0.2) is 17.6 Å². The molecule has 0 atom stereocenters. The van der Waals surface area contributed by atoms with Crippen LogP contribution in [0.2, 0.25) is 0 Å². The molecule has 7 heteroatoms. The SMILES string of the molecule is CCn1c2ccc(N(c3cccc(F)c3)c3cccc(F)c3)cc2c2cc(N(c3cccc(F)c3)c3cccc(F)c3)ccc21. The summed E-state index contributed by atoms with van der Waals surface area (Å²) < 4.78 is 60.0. The van der Waals surface area contributed by atoms with Gasteiger partial charge in [0.05, 0.1) is 0 Å². The maximum absolute atomic E-state index is 14.4. The first-order valence-electron chi connectivity index (χ1n) is 14.6. The van der Waals surface area contributed by atoms with Crippen molar-refractivity contribution in [2.45, 2.75) is 13.5 Å². The molecule has 0 unspecified atom stereocenters. The third-order valence-electron chi connectivity index (χ3n) is 7.93. The molecule has 7 rings (SSSR count). The summed E-state index contributed by atoms with van der Waals surface area (Å²) in [5.74, 6) is -1.62. The maximum atomic E-state index is 14.4. The molecule has 45 heavy (non-hydrogen) atoms. The van der Waals surface area contributed by atoms with Crippen LogP contribution in [-0.2, 0) is 6.54 Å². The zero-order chi connectivity index (χ0) is 31.1. The first-order chi connectivity index (χ1) is 21.9. The number of nitrogens with zero attached hydrogens (tertiary/aromatic N) is 3. The smallest absolute Gasteiger partial charge is 0.125 e. The minimum Gasteiger partial charge on any atom is -0.341 e. The fourth-order valence-corrected chi connectivity index (χ4v) is 6.05. The lowest BCUT2D eigenvalue weighted by Gasteiger charge is -2.26. The molecule has 0 aliphatic carbocycles. The van der Waals surface area contributed by atoms with Crippen molar-refractivity contribution in [2.24, 2.45) is 0 Å². The Morgan fingerprint density at radius 1 is 0.422 bits per heavy atom. The minimum atomic E-state index is -0.406. The molecule has 0 aliphatic heterocycles. The molecule has 0 N–H and O–H groups in total. The number of hydrogen-bond acceptors (Lipinski definition) is 2. The van der Waals surface area contributed by atoms with E-state index in [1.807, 2.05) is 46.2 Å². The number of halogens is 4. The van der Waals surface area contributed by atoms with Gasteiger partial charge in [-0.05, 0) is 116 Å². The molecule has 0 fully saturated rings. The molecule has 1 heterocycles. The van der Waals surface area contributed by atoms with Crippen LogP contribution in [0.5, 0.6) is 0 Å². The second-order valence-corrected chi connectivity index (χ2v) is 10.7. The molecule has 222 valence electrons. The van der Waals surface area contributed by atoms with Crippen molar-refractivity contribution >= 4 is 55.9 Å².